The van der Waals surface area contributed by atoms with Crippen LogP contribution in [0.1, 0.15) is 12.0 Å². The topological polar surface area (TPSA) is 58.6 Å². The zero-order valence-corrected chi connectivity index (χ0v) is 9.69. The van der Waals surface area contributed by atoms with Crippen molar-refractivity contribution in [3.63, 3.8) is 0 Å². The highest BCUT2D eigenvalue weighted by Gasteiger charge is 2.22. The molecule has 0 radical (unpaired) electrons. The predicted molar refractivity (Wildman–Crippen MR) is 63.7 cm³/mol. The number of ether oxygens (including phenoxy) is 1. The van der Waals surface area contributed by atoms with E-state index in [0.717, 1.165) is 18.4 Å². The summed E-state index contributed by atoms with van der Waals surface area (Å²) < 4.78 is 5.17. The number of carbonyl (C=O) groups is 1. The van der Waals surface area contributed by atoms with Gasteiger partial charge in [-0.2, -0.15) is 0 Å². The van der Waals surface area contributed by atoms with Crippen LogP contribution in [0.5, 0.6) is 5.75 Å². The number of rotatable bonds is 4. The van der Waals surface area contributed by atoms with Crippen molar-refractivity contribution in [1.82, 2.24) is 5.32 Å². The highest BCUT2D eigenvalue weighted by Crippen LogP contribution is 2.12. The Kier molecular flexibility index (Phi) is 3.98. The fourth-order valence-electron chi connectivity index (χ4n) is 1.88. The van der Waals surface area contributed by atoms with Crippen LogP contribution in [-0.4, -0.2) is 30.8 Å². The van der Waals surface area contributed by atoms with Gasteiger partial charge in [-0.15, -0.1) is 0 Å². The van der Waals surface area contributed by atoms with Crippen LogP contribution in [0.4, 0.5) is 0 Å². The number of amides is 1. The molecule has 0 saturated carbocycles. The molecule has 0 bridgehead atoms. The summed E-state index contributed by atoms with van der Waals surface area (Å²) >= 11 is 0. The molecule has 2 N–H and O–H groups in total. The number of benzene rings is 1. The minimum Gasteiger partial charge on any atom is -0.508 e. The Labute approximate surface area is 101 Å². The Bertz CT molecular complexity index is 369. The van der Waals surface area contributed by atoms with E-state index in [0.29, 0.717) is 19.8 Å². The first-order valence-electron chi connectivity index (χ1n) is 5.89. The van der Waals surface area contributed by atoms with Crippen LogP contribution in [0.15, 0.2) is 24.3 Å². The maximum Gasteiger partial charge on any atom is 0.225 e. The van der Waals surface area contributed by atoms with Crippen LogP contribution in [0.25, 0.3) is 0 Å². The fourth-order valence-corrected chi connectivity index (χ4v) is 1.88. The van der Waals surface area contributed by atoms with Crippen molar-refractivity contribution < 1.29 is 14.6 Å². The van der Waals surface area contributed by atoms with Gasteiger partial charge in [0.1, 0.15) is 5.75 Å². The van der Waals surface area contributed by atoms with Crippen molar-refractivity contribution in [2.45, 2.75) is 12.8 Å². The summed E-state index contributed by atoms with van der Waals surface area (Å²) in [6.45, 7) is 1.86. The van der Waals surface area contributed by atoms with Crippen molar-refractivity contribution in [2.24, 2.45) is 5.92 Å². The number of aromatic hydroxyl groups is 1. The first-order valence-corrected chi connectivity index (χ1v) is 5.89. The lowest BCUT2D eigenvalue weighted by atomic mass is 10.1. The molecule has 4 nitrogen and oxygen atoms in total. The van der Waals surface area contributed by atoms with Gasteiger partial charge in [-0.25, -0.2) is 0 Å². The van der Waals surface area contributed by atoms with Gasteiger partial charge in [0.15, 0.2) is 0 Å². The third-order valence-electron chi connectivity index (χ3n) is 2.95. The summed E-state index contributed by atoms with van der Waals surface area (Å²) in [6, 6.07) is 7.03. The molecule has 4 heteroatoms. The number of hydrogen-bond donors (Lipinski definition) is 2. The van der Waals surface area contributed by atoms with Crippen LogP contribution in [-0.2, 0) is 16.0 Å². The quantitative estimate of drug-likeness (QED) is 0.821. The summed E-state index contributed by atoms with van der Waals surface area (Å²) in [5.74, 6) is 0.372. The average Bonchev–Trinajstić information content (AvgIpc) is 2.85. The molecule has 92 valence electrons. The van der Waals surface area contributed by atoms with Gasteiger partial charge in [0.25, 0.3) is 0 Å². The highest BCUT2D eigenvalue weighted by atomic mass is 16.5. The molecule has 1 aromatic carbocycles. The summed E-state index contributed by atoms with van der Waals surface area (Å²) in [5.41, 5.74) is 1.10. The Morgan fingerprint density at radius 2 is 2.18 bits per heavy atom. The highest BCUT2D eigenvalue weighted by molar-refractivity contribution is 5.78. The maximum atomic E-state index is 11.7. The average molecular weight is 235 g/mol. The lowest BCUT2D eigenvalue weighted by molar-refractivity contribution is -0.124. The van der Waals surface area contributed by atoms with E-state index in [9.17, 15) is 4.79 Å². The van der Waals surface area contributed by atoms with Gasteiger partial charge in [0, 0.05) is 13.2 Å². The van der Waals surface area contributed by atoms with E-state index >= 15 is 0 Å². The lowest BCUT2D eigenvalue weighted by Crippen LogP contribution is -2.32. The van der Waals surface area contributed by atoms with Crippen molar-refractivity contribution in [2.75, 3.05) is 19.8 Å². The molecule has 0 aromatic heterocycles. The third-order valence-corrected chi connectivity index (χ3v) is 2.95. The second-order valence-corrected chi connectivity index (χ2v) is 4.27. The Morgan fingerprint density at radius 3 is 2.82 bits per heavy atom. The number of carbonyl (C=O) groups excluding carboxylic acids is 1. The minimum absolute atomic E-state index is 0.0230. The van der Waals surface area contributed by atoms with E-state index in [1.54, 1.807) is 12.1 Å². The number of hydrogen-bond acceptors (Lipinski definition) is 3. The summed E-state index contributed by atoms with van der Waals surface area (Å²) in [5, 5.41) is 12.0. The molecule has 1 fully saturated rings. The van der Waals surface area contributed by atoms with E-state index < -0.39 is 0 Å². The lowest BCUT2D eigenvalue weighted by Gasteiger charge is -2.09. The standard InChI is InChI=1S/C13H17NO3/c15-12-3-1-10(2-4-12)5-7-14-13(16)11-6-8-17-9-11/h1-4,11,15H,5-9H2,(H,14,16). The van der Waals surface area contributed by atoms with Gasteiger partial charge in [-0.1, -0.05) is 12.1 Å². The third kappa shape index (κ3) is 3.46. The smallest absolute Gasteiger partial charge is 0.225 e. The van der Waals surface area contributed by atoms with E-state index in [2.05, 4.69) is 5.32 Å². The normalized spacial score (nSPS) is 19.2. The predicted octanol–water partition coefficient (Wildman–Crippen LogP) is 1.09. The van der Waals surface area contributed by atoms with Gasteiger partial charge in [0.05, 0.1) is 12.5 Å². The Balaban J connectivity index is 1.72. The molecular weight excluding hydrogens is 218 g/mol. The molecule has 1 aromatic rings. The molecule has 1 amide bonds. The van der Waals surface area contributed by atoms with E-state index in [1.165, 1.54) is 0 Å². The second kappa shape index (κ2) is 5.68. The number of nitrogens with one attached hydrogen (secondary N) is 1. The van der Waals surface area contributed by atoms with E-state index in [-0.39, 0.29) is 17.6 Å². The molecule has 0 aliphatic carbocycles. The Hall–Kier alpha value is -1.55. The van der Waals surface area contributed by atoms with Crippen molar-refractivity contribution in [1.29, 1.82) is 0 Å². The van der Waals surface area contributed by atoms with Crippen LogP contribution in [0, 0.1) is 5.92 Å². The first-order chi connectivity index (χ1) is 8.25. The minimum atomic E-state index is 0.0230. The summed E-state index contributed by atoms with van der Waals surface area (Å²) in [4.78, 5) is 11.7. The van der Waals surface area contributed by atoms with Crippen LogP contribution < -0.4 is 5.32 Å². The monoisotopic (exact) mass is 235 g/mol. The van der Waals surface area contributed by atoms with Crippen molar-refractivity contribution in [3.8, 4) is 5.75 Å². The van der Waals surface area contributed by atoms with E-state index in [4.69, 9.17) is 9.84 Å². The molecule has 1 heterocycles. The van der Waals surface area contributed by atoms with Gasteiger partial charge in [-0.3, -0.25) is 4.79 Å². The SMILES string of the molecule is O=C(NCCc1ccc(O)cc1)C1CCOC1. The molecular formula is C13H17NO3. The van der Waals surface area contributed by atoms with Gasteiger partial charge in [0.2, 0.25) is 5.91 Å². The molecule has 1 aliphatic rings. The second-order valence-electron chi connectivity index (χ2n) is 4.27. The molecule has 1 saturated heterocycles. The summed E-state index contributed by atoms with van der Waals surface area (Å²) in [7, 11) is 0. The zero-order chi connectivity index (χ0) is 12.1. The maximum absolute atomic E-state index is 11.7. The summed E-state index contributed by atoms with van der Waals surface area (Å²) in [6.07, 6.45) is 1.60. The van der Waals surface area contributed by atoms with Crippen molar-refractivity contribution in [3.05, 3.63) is 29.8 Å². The first kappa shape index (κ1) is 11.9. The van der Waals surface area contributed by atoms with Crippen LogP contribution >= 0.6 is 0 Å². The molecule has 0 spiro atoms. The molecule has 1 atom stereocenters. The molecule has 1 aliphatic heterocycles. The van der Waals surface area contributed by atoms with Crippen LogP contribution in [0.3, 0.4) is 0 Å². The zero-order valence-electron chi connectivity index (χ0n) is 9.69. The van der Waals surface area contributed by atoms with Gasteiger partial charge in [-0.05, 0) is 30.5 Å². The number of phenols is 1. The van der Waals surface area contributed by atoms with Gasteiger partial charge < -0.3 is 15.2 Å². The Morgan fingerprint density at radius 1 is 1.41 bits per heavy atom. The molecule has 17 heavy (non-hydrogen) atoms. The largest absolute Gasteiger partial charge is 0.508 e. The van der Waals surface area contributed by atoms with Gasteiger partial charge >= 0.3 is 0 Å². The number of phenolic OH excluding ortho intramolecular Hbond substituents is 1. The van der Waals surface area contributed by atoms with Crippen molar-refractivity contribution >= 4 is 5.91 Å². The molecule has 2 rings (SSSR count). The van der Waals surface area contributed by atoms with Crippen LogP contribution in [0.2, 0.25) is 0 Å². The van der Waals surface area contributed by atoms with E-state index in [1.807, 2.05) is 12.1 Å². The fraction of sp³-hybridized carbons (Fsp3) is 0.462. The molecule has 1 unspecified atom stereocenters.